The fourth-order valence-corrected chi connectivity index (χ4v) is 3.41. The summed E-state index contributed by atoms with van der Waals surface area (Å²) in [5.41, 5.74) is 2.56. The third kappa shape index (κ3) is 4.11. The molecule has 1 aromatic carbocycles. The summed E-state index contributed by atoms with van der Waals surface area (Å²) in [5, 5.41) is 1.66. The second-order valence-electron chi connectivity index (χ2n) is 5.53. The molecular weight excluding hydrogens is 324 g/mol. The van der Waals surface area contributed by atoms with Gasteiger partial charge < -0.3 is 9.80 Å². The van der Waals surface area contributed by atoms with E-state index in [9.17, 15) is 0 Å². The first kappa shape index (κ1) is 15.1. The zero-order chi connectivity index (χ0) is 13.8. The highest BCUT2D eigenvalue weighted by molar-refractivity contribution is 9.08. The maximum Gasteiger partial charge on any atom is 0.0410 e. The van der Waals surface area contributed by atoms with Gasteiger partial charge >= 0.3 is 0 Å². The van der Waals surface area contributed by atoms with Crippen molar-refractivity contribution in [2.45, 2.75) is 18.2 Å². The SMILES string of the molecule is CN1CCC(CN(C)c2ccc(Cl)cc2CBr)CC1. The number of piperidine rings is 1. The quantitative estimate of drug-likeness (QED) is 0.761. The van der Waals surface area contributed by atoms with Gasteiger partial charge in [-0.2, -0.15) is 0 Å². The molecule has 0 aromatic heterocycles. The Morgan fingerprint density at radius 2 is 2.05 bits per heavy atom. The average molecular weight is 346 g/mol. The minimum Gasteiger partial charge on any atom is -0.374 e. The van der Waals surface area contributed by atoms with Crippen LogP contribution in [-0.4, -0.2) is 38.6 Å². The van der Waals surface area contributed by atoms with E-state index in [-0.39, 0.29) is 0 Å². The van der Waals surface area contributed by atoms with Crippen molar-refractivity contribution in [2.24, 2.45) is 5.92 Å². The normalized spacial score (nSPS) is 17.7. The summed E-state index contributed by atoms with van der Waals surface area (Å²) in [4.78, 5) is 4.80. The second kappa shape index (κ2) is 6.96. The summed E-state index contributed by atoms with van der Waals surface area (Å²) in [6.45, 7) is 3.59. The van der Waals surface area contributed by atoms with Crippen LogP contribution in [0.25, 0.3) is 0 Å². The van der Waals surface area contributed by atoms with Crippen molar-refractivity contribution in [2.75, 3.05) is 38.6 Å². The fraction of sp³-hybridized carbons (Fsp3) is 0.600. The molecule has 1 heterocycles. The van der Waals surface area contributed by atoms with Gasteiger partial charge in [0.05, 0.1) is 0 Å². The first-order chi connectivity index (χ1) is 9.10. The lowest BCUT2D eigenvalue weighted by Gasteiger charge is -2.33. The van der Waals surface area contributed by atoms with Crippen LogP contribution in [0.5, 0.6) is 0 Å². The number of rotatable bonds is 4. The minimum absolute atomic E-state index is 0.806. The van der Waals surface area contributed by atoms with Crippen LogP contribution in [0.1, 0.15) is 18.4 Å². The Morgan fingerprint density at radius 1 is 1.37 bits per heavy atom. The molecule has 4 heteroatoms. The molecular formula is C15H22BrClN2. The predicted molar refractivity (Wildman–Crippen MR) is 87.6 cm³/mol. The van der Waals surface area contributed by atoms with E-state index in [1.165, 1.54) is 37.2 Å². The number of hydrogen-bond donors (Lipinski definition) is 0. The van der Waals surface area contributed by atoms with E-state index in [0.29, 0.717) is 0 Å². The Kier molecular flexibility index (Phi) is 5.55. The van der Waals surface area contributed by atoms with E-state index in [2.05, 4.69) is 52.0 Å². The van der Waals surface area contributed by atoms with Crippen molar-refractivity contribution in [3.8, 4) is 0 Å². The van der Waals surface area contributed by atoms with Crippen LogP contribution >= 0.6 is 27.5 Å². The monoisotopic (exact) mass is 344 g/mol. The number of halogens is 2. The van der Waals surface area contributed by atoms with Crippen LogP contribution in [0.15, 0.2) is 18.2 Å². The number of anilines is 1. The van der Waals surface area contributed by atoms with Gasteiger partial charge in [0, 0.05) is 29.6 Å². The standard InChI is InChI=1S/C15H22BrClN2/c1-18-7-5-12(6-8-18)11-19(2)15-4-3-14(17)9-13(15)10-16/h3-4,9,12H,5-8,10-11H2,1-2H3. The highest BCUT2D eigenvalue weighted by atomic mass is 79.9. The summed E-state index contributed by atoms with van der Waals surface area (Å²) < 4.78 is 0. The van der Waals surface area contributed by atoms with Gasteiger partial charge in [0.15, 0.2) is 0 Å². The van der Waals surface area contributed by atoms with Gasteiger partial charge in [-0.05, 0) is 62.7 Å². The smallest absolute Gasteiger partial charge is 0.0410 e. The highest BCUT2D eigenvalue weighted by Crippen LogP contribution is 2.27. The van der Waals surface area contributed by atoms with E-state index in [1.54, 1.807) is 0 Å². The Balaban J connectivity index is 2.01. The van der Waals surface area contributed by atoms with Crippen molar-refractivity contribution in [3.05, 3.63) is 28.8 Å². The molecule has 1 saturated heterocycles. The van der Waals surface area contributed by atoms with Gasteiger partial charge in [0.1, 0.15) is 0 Å². The van der Waals surface area contributed by atoms with Crippen molar-refractivity contribution >= 4 is 33.2 Å². The molecule has 0 saturated carbocycles. The second-order valence-corrected chi connectivity index (χ2v) is 6.53. The molecule has 0 atom stereocenters. The van der Waals surface area contributed by atoms with Crippen LogP contribution < -0.4 is 4.90 Å². The highest BCUT2D eigenvalue weighted by Gasteiger charge is 2.19. The van der Waals surface area contributed by atoms with Gasteiger partial charge in [-0.3, -0.25) is 0 Å². The van der Waals surface area contributed by atoms with Crippen LogP contribution in [0.4, 0.5) is 5.69 Å². The summed E-state index contributed by atoms with van der Waals surface area (Å²) in [5.74, 6) is 0.806. The Hall–Kier alpha value is -0.250. The molecule has 2 rings (SSSR count). The number of nitrogens with zero attached hydrogens (tertiary/aromatic N) is 2. The predicted octanol–water partition coefficient (Wildman–Crippen LogP) is 4.01. The lowest BCUT2D eigenvalue weighted by Crippen LogP contribution is -2.35. The van der Waals surface area contributed by atoms with Gasteiger partial charge in [0.25, 0.3) is 0 Å². The molecule has 0 amide bonds. The van der Waals surface area contributed by atoms with E-state index in [4.69, 9.17) is 11.6 Å². The number of likely N-dealkylation sites (tertiary alicyclic amines) is 1. The molecule has 106 valence electrons. The number of hydrogen-bond acceptors (Lipinski definition) is 2. The zero-order valence-electron chi connectivity index (χ0n) is 11.7. The molecule has 1 aliphatic heterocycles. The minimum atomic E-state index is 0.806. The van der Waals surface area contributed by atoms with Crippen molar-refractivity contribution < 1.29 is 0 Å². The molecule has 19 heavy (non-hydrogen) atoms. The van der Waals surface area contributed by atoms with Crippen LogP contribution in [0, 0.1) is 5.92 Å². The molecule has 1 aliphatic rings. The maximum atomic E-state index is 6.06. The van der Waals surface area contributed by atoms with Crippen LogP contribution in [-0.2, 0) is 5.33 Å². The molecule has 0 unspecified atom stereocenters. The zero-order valence-corrected chi connectivity index (χ0v) is 14.0. The van der Waals surface area contributed by atoms with Crippen molar-refractivity contribution in [1.29, 1.82) is 0 Å². The molecule has 0 bridgehead atoms. The first-order valence-electron chi connectivity index (χ1n) is 6.84. The number of benzene rings is 1. The van der Waals surface area contributed by atoms with Gasteiger partial charge in [-0.1, -0.05) is 27.5 Å². The third-order valence-electron chi connectivity index (χ3n) is 3.97. The summed E-state index contributed by atoms with van der Waals surface area (Å²) in [6, 6.07) is 6.17. The first-order valence-corrected chi connectivity index (χ1v) is 8.34. The van der Waals surface area contributed by atoms with Crippen LogP contribution in [0.2, 0.25) is 5.02 Å². The summed E-state index contributed by atoms with van der Waals surface area (Å²) in [7, 11) is 4.40. The molecule has 0 spiro atoms. The third-order valence-corrected chi connectivity index (χ3v) is 4.81. The maximum absolute atomic E-state index is 6.06. The molecule has 1 aromatic rings. The van der Waals surface area contributed by atoms with Gasteiger partial charge in [0.2, 0.25) is 0 Å². The van der Waals surface area contributed by atoms with Gasteiger partial charge in [-0.25, -0.2) is 0 Å². The largest absolute Gasteiger partial charge is 0.374 e. The summed E-state index contributed by atoms with van der Waals surface area (Å²) in [6.07, 6.45) is 2.61. The van der Waals surface area contributed by atoms with Crippen molar-refractivity contribution in [3.63, 3.8) is 0 Å². The average Bonchev–Trinajstić information content (AvgIpc) is 2.41. The van der Waals surface area contributed by atoms with Crippen molar-refractivity contribution in [1.82, 2.24) is 4.90 Å². The van der Waals surface area contributed by atoms with E-state index < -0.39 is 0 Å². The Morgan fingerprint density at radius 3 is 2.68 bits per heavy atom. The Bertz CT molecular complexity index is 417. The lowest BCUT2D eigenvalue weighted by atomic mass is 9.96. The molecule has 0 radical (unpaired) electrons. The molecule has 2 nitrogen and oxygen atoms in total. The van der Waals surface area contributed by atoms with Crippen LogP contribution in [0.3, 0.4) is 0 Å². The topological polar surface area (TPSA) is 6.48 Å². The lowest BCUT2D eigenvalue weighted by molar-refractivity contribution is 0.222. The van der Waals surface area contributed by atoms with E-state index >= 15 is 0 Å². The molecule has 0 N–H and O–H groups in total. The van der Waals surface area contributed by atoms with E-state index in [0.717, 1.165) is 22.8 Å². The molecule has 1 fully saturated rings. The summed E-state index contributed by atoms with van der Waals surface area (Å²) >= 11 is 9.62. The fourth-order valence-electron chi connectivity index (χ4n) is 2.76. The molecule has 0 aliphatic carbocycles. The number of alkyl halides is 1. The van der Waals surface area contributed by atoms with E-state index in [1.807, 2.05) is 6.07 Å². The van der Waals surface area contributed by atoms with Gasteiger partial charge in [-0.15, -0.1) is 0 Å². The Labute approximate surface area is 129 Å².